The highest BCUT2D eigenvalue weighted by Crippen LogP contribution is 2.26. The first-order valence-corrected chi connectivity index (χ1v) is 6.52. The first kappa shape index (κ1) is 15.6. The minimum atomic E-state index is -1.36. The summed E-state index contributed by atoms with van der Waals surface area (Å²) in [6.07, 6.45) is -5.55. The van der Waals surface area contributed by atoms with Gasteiger partial charge < -0.3 is 25.4 Å². The van der Waals surface area contributed by atoms with Crippen LogP contribution in [-0.4, -0.2) is 50.9 Å². The number of non-ortho nitro benzene ring substituents is 1. The highest BCUT2D eigenvalue weighted by molar-refractivity contribution is 5.57. The van der Waals surface area contributed by atoms with Gasteiger partial charge in [-0.05, 0) is 19.4 Å². The fraction of sp³-hybridized carbons (Fsp3) is 0.538. The van der Waals surface area contributed by atoms with E-state index in [1.807, 2.05) is 0 Å². The van der Waals surface area contributed by atoms with Crippen molar-refractivity contribution in [3.8, 4) is 0 Å². The van der Waals surface area contributed by atoms with E-state index in [0.29, 0.717) is 5.69 Å². The van der Waals surface area contributed by atoms with Gasteiger partial charge >= 0.3 is 0 Å². The minimum Gasteiger partial charge on any atom is -0.388 e. The average molecular weight is 298 g/mol. The first-order chi connectivity index (χ1) is 9.81. The van der Waals surface area contributed by atoms with Gasteiger partial charge in [0.2, 0.25) is 0 Å². The molecule has 1 aliphatic heterocycles. The fourth-order valence-electron chi connectivity index (χ4n) is 2.20. The Labute approximate surface area is 121 Å². The van der Waals surface area contributed by atoms with E-state index < -0.39 is 35.6 Å². The van der Waals surface area contributed by atoms with E-state index in [9.17, 15) is 25.4 Å². The van der Waals surface area contributed by atoms with Crippen molar-refractivity contribution in [1.29, 1.82) is 0 Å². The molecule has 116 valence electrons. The molecule has 5 atom stereocenters. The van der Waals surface area contributed by atoms with Gasteiger partial charge in [0.15, 0.2) is 6.23 Å². The standard InChI is InChI=1S/C13H18N2O6/c1-6-3-4-8(15(19)20)5-9(6)14-13-12(18)11(17)10(16)7(2)21-13/h3-5,7,10-14,16-18H,1-2H3/t7-,10+,11-,12+,13-/m0/s1. The van der Waals surface area contributed by atoms with Gasteiger partial charge in [-0.3, -0.25) is 10.1 Å². The van der Waals surface area contributed by atoms with E-state index in [-0.39, 0.29) is 5.69 Å². The normalized spacial score (nSPS) is 32.7. The van der Waals surface area contributed by atoms with Crippen LogP contribution in [0.25, 0.3) is 0 Å². The molecule has 0 saturated carbocycles. The molecule has 0 unspecified atom stereocenters. The highest BCUT2D eigenvalue weighted by atomic mass is 16.6. The van der Waals surface area contributed by atoms with Crippen LogP contribution >= 0.6 is 0 Å². The van der Waals surface area contributed by atoms with Gasteiger partial charge in [-0.2, -0.15) is 0 Å². The summed E-state index contributed by atoms with van der Waals surface area (Å²) in [4.78, 5) is 10.3. The van der Waals surface area contributed by atoms with Crippen LogP contribution in [0, 0.1) is 17.0 Å². The second-order valence-electron chi connectivity index (χ2n) is 5.13. The van der Waals surface area contributed by atoms with E-state index in [2.05, 4.69) is 5.32 Å². The molecule has 1 aromatic carbocycles. The van der Waals surface area contributed by atoms with Crippen molar-refractivity contribution in [2.24, 2.45) is 0 Å². The number of nitro benzene ring substituents is 1. The molecule has 0 spiro atoms. The number of rotatable bonds is 3. The molecule has 2 rings (SSSR count). The number of aliphatic hydroxyl groups is 3. The molecular weight excluding hydrogens is 280 g/mol. The molecule has 1 saturated heterocycles. The van der Waals surface area contributed by atoms with E-state index in [4.69, 9.17) is 4.74 Å². The van der Waals surface area contributed by atoms with E-state index >= 15 is 0 Å². The van der Waals surface area contributed by atoms with E-state index in [0.717, 1.165) is 5.56 Å². The van der Waals surface area contributed by atoms with Crippen molar-refractivity contribution in [1.82, 2.24) is 0 Å². The molecule has 0 radical (unpaired) electrons. The van der Waals surface area contributed by atoms with Crippen LogP contribution in [-0.2, 0) is 4.74 Å². The van der Waals surface area contributed by atoms with Crippen LogP contribution in [0.3, 0.4) is 0 Å². The zero-order chi connectivity index (χ0) is 15.7. The highest BCUT2D eigenvalue weighted by Gasteiger charge is 2.41. The second kappa shape index (κ2) is 5.94. The summed E-state index contributed by atoms with van der Waals surface area (Å²) in [7, 11) is 0. The Kier molecular flexibility index (Phi) is 4.43. The second-order valence-corrected chi connectivity index (χ2v) is 5.13. The predicted octanol–water partition coefficient (Wildman–Crippen LogP) is 0.143. The van der Waals surface area contributed by atoms with Crippen LogP contribution < -0.4 is 5.32 Å². The maximum absolute atomic E-state index is 10.8. The van der Waals surface area contributed by atoms with Crippen molar-refractivity contribution in [3.05, 3.63) is 33.9 Å². The Morgan fingerprint density at radius 3 is 2.52 bits per heavy atom. The number of nitrogens with one attached hydrogen (secondary N) is 1. The summed E-state index contributed by atoms with van der Waals surface area (Å²) in [6, 6.07) is 4.28. The first-order valence-electron chi connectivity index (χ1n) is 6.52. The number of benzene rings is 1. The summed E-state index contributed by atoms with van der Waals surface area (Å²) in [5.74, 6) is 0. The minimum absolute atomic E-state index is 0.0953. The SMILES string of the molecule is Cc1ccc([N+](=O)[O-])cc1N[C@H]1O[C@@H](C)[C@@H](O)[C@H](O)[C@H]1O. The third-order valence-electron chi connectivity index (χ3n) is 3.58. The third-order valence-corrected chi connectivity index (χ3v) is 3.58. The Balaban J connectivity index is 2.21. The quantitative estimate of drug-likeness (QED) is 0.462. The number of hydrogen-bond donors (Lipinski definition) is 4. The number of aryl methyl sites for hydroxylation is 1. The molecule has 0 amide bonds. The summed E-state index contributed by atoms with van der Waals surface area (Å²) < 4.78 is 5.40. The monoisotopic (exact) mass is 298 g/mol. The maximum atomic E-state index is 10.8. The van der Waals surface area contributed by atoms with Gasteiger partial charge in [-0.25, -0.2) is 0 Å². The maximum Gasteiger partial charge on any atom is 0.271 e. The Bertz CT molecular complexity index is 537. The summed E-state index contributed by atoms with van der Waals surface area (Å²) in [5, 5.41) is 42.9. The van der Waals surface area contributed by atoms with Gasteiger partial charge in [0.1, 0.15) is 18.3 Å². The van der Waals surface area contributed by atoms with Crippen molar-refractivity contribution >= 4 is 11.4 Å². The third kappa shape index (κ3) is 3.13. The lowest BCUT2D eigenvalue weighted by molar-refractivity contribution is -0.384. The van der Waals surface area contributed by atoms with Crippen LogP contribution in [0.2, 0.25) is 0 Å². The molecule has 1 fully saturated rings. The molecule has 1 aromatic rings. The van der Waals surface area contributed by atoms with E-state index in [1.165, 1.54) is 12.1 Å². The number of aliphatic hydroxyl groups excluding tert-OH is 3. The molecule has 0 aromatic heterocycles. The van der Waals surface area contributed by atoms with Gasteiger partial charge in [0, 0.05) is 17.8 Å². The van der Waals surface area contributed by atoms with Gasteiger partial charge in [0.25, 0.3) is 5.69 Å². The molecule has 8 nitrogen and oxygen atoms in total. The predicted molar refractivity (Wildman–Crippen MR) is 73.8 cm³/mol. The summed E-state index contributed by atoms with van der Waals surface area (Å²) >= 11 is 0. The lowest BCUT2D eigenvalue weighted by Crippen LogP contribution is -2.58. The van der Waals surface area contributed by atoms with Crippen LogP contribution in [0.1, 0.15) is 12.5 Å². The van der Waals surface area contributed by atoms with Crippen molar-refractivity contribution in [2.45, 2.75) is 44.5 Å². The van der Waals surface area contributed by atoms with Crippen LogP contribution in [0.4, 0.5) is 11.4 Å². The number of anilines is 1. The Morgan fingerprint density at radius 1 is 1.24 bits per heavy atom. The molecule has 21 heavy (non-hydrogen) atoms. The smallest absolute Gasteiger partial charge is 0.271 e. The lowest BCUT2D eigenvalue weighted by Gasteiger charge is -2.40. The Hall–Kier alpha value is -1.74. The fourth-order valence-corrected chi connectivity index (χ4v) is 2.20. The molecule has 4 N–H and O–H groups in total. The van der Waals surface area contributed by atoms with Crippen LogP contribution in [0.5, 0.6) is 0 Å². The number of ether oxygens (including phenoxy) is 1. The Morgan fingerprint density at radius 2 is 1.90 bits per heavy atom. The molecular formula is C13H18N2O6. The van der Waals surface area contributed by atoms with Crippen molar-refractivity contribution < 1.29 is 25.0 Å². The van der Waals surface area contributed by atoms with Crippen molar-refractivity contribution in [3.63, 3.8) is 0 Å². The van der Waals surface area contributed by atoms with Gasteiger partial charge in [-0.15, -0.1) is 0 Å². The lowest BCUT2D eigenvalue weighted by atomic mass is 9.99. The number of nitrogens with zero attached hydrogens (tertiary/aromatic N) is 1. The summed E-state index contributed by atoms with van der Waals surface area (Å²) in [6.45, 7) is 3.31. The van der Waals surface area contributed by atoms with Crippen molar-refractivity contribution in [2.75, 3.05) is 5.32 Å². The number of hydrogen-bond acceptors (Lipinski definition) is 7. The average Bonchev–Trinajstić information content (AvgIpc) is 2.44. The molecule has 1 aliphatic rings. The van der Waals surface area contributed by atoms with Gasteiger partial charge in [0.05, 0.1) is 11.0 Å². The van der Waals surface area contributed by atoms with Gasteiger partial charge in [-0.1, -0.05) is 6.07 Å². The molecule has 0 bridgehead atoms. The zero-order valence-electron chi connectivity index (χ0n) is 11.6. The molecule has 8 heteroatoms. The molecule has 0 aliphatic carbocycles. The zero-order valence-corrected chi connectivity index (χ0v) is 11.6. The largest absolute Gasteiger partial charge is 0.388 e. The molecule has 1 heterocycles. The summed E-state index contributed by atoms with van der Waals surface area (Å²) in [5.41, 5.74) is 1.05. The number of nitro groups is 1. The topological polar surface area (TPSA) is 125 Å². The van der Waals surface area contributed by atoms with Crippen LogP contribution in [0.15, 0.2) is 18.2 Å². The van der Waals surface area contributed by atoms with E-state index in [1.54, 1.807) is 19.9 Å².